The van der Waals surface area contributed by atoms with Crippen LogP contribution in [0.2, 0.25) is 5.02 Å². The van der Waals surface area contributed by atoms with Crippen molar-refractivity contribution in [2.24, 2.45) is 0 Å². The van der Waals surface area contributed by atoms with E-state index in [-0.39, 0.29) is 12.8 Å². The number of methoxy groups -OCH3 is 1. The van der Waals surface area contributed by atoms with Gasteiger partial charge in [-0.05, 0) is 18.2 Å². The standard InChI is InChI=1S/C11H15ClN2O3/c1-16-5-6-17-8-13-11(15)14-10-4-2-3-9(12)7-10/h2-4,7H,5-6,8H2,1H3,(H2,13,14,15). The van der Waals surface area contributed by atoms with Gasteiger partial charge in [-0.15, -0.1) is 0 Å². The van der Waals surface area contributed by atoms with Crippen molar-refractivity contribution in [3.8, 4) is 0 Å². The lowest BCUT2D eigenvalue weighted by atomic mass is 10.3. The molecule has 0 spiro atoms. The summed E-state index contributed by atoms with van der Waals surface area (Å²) in [4.78, 5) is 11.4. The Hall–Kier alpha value is -1.30. The van der Waals surface area contributed by atoms with Gasteiger partial charge in [-0.1, -0.05) is 17.7 Å². The molecule has 0 atom stereocenters. The zero-order valence-corrected chi connectivity index (χ0v) is 10.3. The highest BCUT2D eigenvalue weighted by atomic mass is 35.5. The summed E-state index contributed by atoms with van der Waals surface area (Å²) in [5.41, 5.74) is 0.631. The number of nitrogens with one attached hydrogen (secondary N) is 2. The Balaban J connectivity index is 2.21. The summed E-state index contributed by atoms with van der Waals surface area (Å²) in [6.07, 6.45) is 0. The van der Waals surface area contributed by atoms with Crippen molar-refractivity contribution in [1.82, 2.24) is 5.32 Å². The van der Waals surface area contributed by atoms with Gasteiger partial charge < -0.3 is 20.1 Å². The van der Waals surface area contributed by atoms with E-state index in [0.717, 1.165) is 0 Å². The molecule has 0 aliphatic heterocycles. The smallest absolute Gasteiger partial charge is 0.321 e. The van der Waals surface area contributed by atoms with Gasteiger partial charge in [-0.25, -0.2) is 4.79 Å². The van der Waals surface area contributed by atoms with Gasteiger partial charge >= 0.3 is 6.03 Å². The average Bonchev–Trinajstić information content (AvgIpc) is 2.29. The Morgan fingerprint density at radius 1 is 1.41 bits per heavy atom. The van der Waals surface area contributed by atoms with Crippen molar-refractivity contribution >= 4 is 23.3 Å². The van der Waals surface area contributed by atoms with Crippen LogP contribution in [0.1, 0.15) is 0 Å². The van der Waals surface area contributed by atoms with Crippen molar-refractivity contribution in [1.29, 1.82) is 0 Å². The molecule has 1 aromatic rings. The molecule has 0 heterocycles. The Kier molecular flexibility index (Phi) is 6.39. The second-order valence-corrected chi connectivity index (χ2v) is 3.62. The molecular weight excluding hydrogens is 244 g/mol. The largest absolute Gasteiger partial charge is 0.382 e. The van der Waals surface area contributed by atoms with E-state index in [9.17, 15) is 4.79 Å². The lowest BCUT2D eigenvalue weighted by Gasteiger charge is -2.08. The number of hydrogen-bond donors (Lipinski definition) is 2. The van der Waals surface area contributed by atoms with E-state index in [1.165, 1.54) is 0 Å². The fourth-order valence-electron chi connectivity index (χ4n) is 1.07. The summed E-state index contributed by atoms with van der Waals surface area (Å²) < 4.78 is 9.87. The molecule has 0 radical (unpaired) electrons. The van der Waals surface area contributed by atoms with Gasteiger partial charge in [-0.3, -0.25) is 0 Å². The van der Waals surface area contributed by atoms with Crippen LogP contribution < -0.4 is 10.6 Å². The number of ether oxygens (including phenoxy) is 2. The number of urea groups is 1. The first-order valence-electron chi connectivity index (χ1n) is 5.09. The van der Waals surface area contributed by atoms with Crippen LogP contribution in [0.5, 0.6) is 0 Å². The van der Waals surface area contributed by atoms with Crippen LogP contribution in [0, 0.1) is 0 Å². The highest BCUT2D eigenvalue weighted by Gasteiger charge is 2.00. The van der Waals surface area contributed by atoms with E-state index in [2.05, 4.69) is 10.6 Å². The Labute approximate surface area is 105 Å². The summed E-state index contributed by atoms with van der Waals surface area (Å²) in [6.45, 7) is 1.07. The molecule has 0 saturated carbocycles. The fraction of sp³-hybridized carbons (Fsp3) is 0.364. The maximum atomic E-state index is 11.4. The predicted octanol–water partition coefficient (Wildman–Crippen LogP) is 2.08. The average molecular weight is 259 g/mol. The normalized spacial score (nSPS) is 10.0. The number of anilines is 1. The molecule has 94 valence electrons. The van der Waals surface area contributed by atoms with Crippen LogP contribution in [0.3, 0.4) is 0 Å². The number of halogens is 1. The summed E-state index contributed by atoms with van der Waals surface area (Å²) >= 11 is 5.78. The Bertz CT molecular complexity index is 360. The van der Waals surface area contributed by atoms with Gasteiger partial charge in [0.2, 0.25) is 0 Å². The molecule has 6 heteroatoms. The van der Waals surface area contributed by atoms with Crippen LogP contribution >= 0.6 is 11.6 Å². The predicted molar refractivity (Wildman–Crippen MR) is 66.3 cm³/mol. The molecule has 0 fully saturated rings. The van der Waals surface area contributed by atoms with Crippen molar-refractivity contribution in [3.05, 3.63) is 29.3 Å². The zero-order chi connectivity index (χ0) is 12.5. The van der Waals surface area contributed by atoms with Gasteiger partial charge in [0.1, 0.15) is 6.73 Å². The molecular formula is C11H15ClN2O3. The SMILES string of the molecule is COCCOCNC(=O)Nc1cccc(Cl)c1. The van der Waals surface area contributed by atoms with Crippen LogP contribution in [0.15, 0.2) is 24.3 Å². The molecule has 0 aliphatic rings. The Morgan fingerprint density at radius 3 is 2.94 bits per heavy atom. The van der Waals surface area contributed by atoms with Gasteiger partial charge in [0.15, 0.2) is 0 Å². The number of amides is 2. The lowest BCUT2D eigenvalue weighted by molar-refractivity contribution is 0.0650. The highest BCUT2D eigenvalue weighted by molar-refractivity contribution is 6.30. The zero-order valence-electron chi connectivity index (χ0n) is 9.53. The minimum atomic E-state index is -0.343. The second kappa shape index (κ2) is 7.89. The van der Waals surface area contributed by atoms with Crippen LogP contribution in [-0.2, 0) is 9.47 Å². The van der Waals surface area contributed by atoms with Crippen LogP contribution in [0.25, 0.3) is 0 Å². The molecule has 1 rings (SSSR count). The topological polar surface area (TPSA) is 59.6 Å². The summed E-state index contributed by atoms with van der Waals surface area (Å²) in [7, 11) is 1.59. The first-order valence-corrected chi connectivity index (χ1v) is 5.47. The molecule has 0 unspecified atom stereocenters. The molecule has 2 N–H and O–H groups in total. The van der Waals surface area contributed by atoms with E-state index >= 15 is 0 Å². The number of rotatable bonds is 6. The maximum Gasteiger partial charge on any atom is 0.321 e. The maximum absolute atomic E-state index is 11.4. The van der Waals surface area contributed by atoms with Crippen molar-refractivity contribution in [3.63, 3.8) is 0 Å². The summed E-state index contributed by atoms with van der Waals surface area (Å²) in [5, 5.41) is 5.74. The van der Waals surface area contributed by atoms with Gasteiger partial charge in [0.25, 0.3) is 0 Å². The van der Waals surface area contributed by atoms with Crippen molar-refractivity contribution in [2.75, 3.05) is 32.4 Å². The minimum absolute atomic E-state index is 0.135. The Morgan fingerprint density at radius 2 is 2.24 bits per heavy atom. The molecule has 0 aromatic heterocycles. The van der Waals surface area contributed by atoms with Gasteiger partial charge in [0, 0.05) is 17.8 Å². The third-order valence-electron chi connectivity index (χ3n) is 1.85. The molecule has 0 saturated heterocycles. The molecule has 17 heavy (non-hydrogen) atoms. The number of carbonyl (C=O) groups excluding carboxylic acids is 1. The van der Waals surface area contributed by atoms with Crippen LogP contribution in [-0.4, -0.2) is 33.1 Å². The molecule has 5 nitrogen and oxygen atoms in total. The highest BCUT2D eigenvalue weighted by Crippen LogP contribution is 2.14. The molecule has 0 bridgehead atoms. The first-order chi connectivity index (χ1) is 8.22. The van der Waals surface area contributed by atoms with E-state index < -0.39 is 0 Å². The molecule has 1 aromatic carbocycles. The summed E-state index contributed by atoms with van der Waals surface area (Å²) in [6, 6.07) is 6.56. The van der Waals surface area contributed by atoms with E-state index in [4.69, 9.17) is 21.1 Å². The van der Waals surface area contributed by atoms with E-state index in [0.29, 0.717) is 23.9 Å². The third-order valence-corrected chi connectivity index (χ3v) is 2.08. The quantitative estimate of drug-likeness (QED) is 0.607. The number of carbonyl (C=O) groups is 1. The van der Waals surface area contributed by atoms with Gasteiger partial charge in [-0.2, -0.15) is 0 Å². The number of hydrogen-bond acceptors (Lipinski definition) is 3. The number of benzene rings is 1. The molecule has 2 amide bonds. The minimum Gasteiger partial charge on any atom is -0.382 e. The summed E-state index contributed by atoms with van der Waals surface area (Å²) in [5.74, 6) is 0. The van der Waals surface area contributed by atoms with E-state index in [1.54, 1.807) is 31.4 Å². The van der Waals surface area contributed by atoms with E-state index in [1.807, 2.05) is 0 Å². The van der Waals surface area contributed by atoms with Gasteiger partial charge in [0.05, 0.1) is 13.2 Å². The monoisotopic (exact) mass is 258 g/mol. The van der Waals surface area contributed by atoms with Crippen LogP contribution in [0.4, 0.5) is 10.5 Å². The second-order valence-electron chi connectivity index (χ2n) is 3.19. The third kappa shape index (κ3) is 6.11. The first kappa shape index (κ1) is 13.8. The van der Waals surface area contributed by atoms with Crippen molar-refractivity contribution in [2.45, 2.75) is 0 Å². The molecule has 0 aliphatic carbocycles. The fourth-order valence-corrected chi connectivity index (χ4v) is 1.26. The lowest BCUT2D eigenvalue weighted by Crippen LogP contribution is -2.31. The van der Waals surface area contributed by atoms with Crippen molar-refractivity contribution < 1.29 is 14.3 Å².